The molecule has 0 spiro atoms. The van der Waals surface area contributed by atoms with Gasteiger partial charge in [-0.05, 0) is 18.1 Å². The van der Waals surface area contributed by atoms with E-state index in [9.17, 15) is 8.78 Å². The van der Waals surface area contributed by atoms with E-state index in [0.717, 1.165) is 23.5 Å². The minimum atomic E-state index is -2.46. The summed E-state index contributed by atoms with van der Waals surface area (Å²) >= 11 is 0. The zero-order valence-electron chi connectivity index (χ0n) is 11.3. The van der Waals surface area contributed by atoms with E-state index in [0.29, 0.717) is 19.5 Å². The van der Waals surface area contributed by atoms with E-state index >= 15 is 0 Å². The molecule has 2 fully saturated rings. The second-order valence-corrected chi connectivity index (χ2v) is 5.42. The highest BCUT2D eigenvalue weighted by Crippen LogP contribution is 2.59. The summed E-state index contributed by atoms with van der Waals surface area (Å²) in [7, 11) is 0. The number of hydrogen-bond donors (Lipinski definition) is 1. The molecule has 20 heavy (non-hydrogen) atoms. The van der Waals surface area contributed by atoms with Crippen molar-refractivity contribution in [2.75, 3.05) is 18.0 Å². The summed E-state index contributed by atoms with van der Waals surface area (Å²) in [5.41, 5.74) is 1.93. The Labute approximate surface area is 116 Å². The van der Waals surface area contributed by atoms with Gasteiger partial charge in [0.15, 0.2) is 0 Å². The molecule has 6 heteroatoms. The average molecular weight is 281 g/mol. The molecule has 0 bridgehead atoms. The third kappa shape index (κ3) is 2.03. The summed E-state index contributed by atoms with van der Waals surface area (Å²) in [6, 6.07) is 3.80. The van der Waals surface area contributed by atoms with Gasteiger partial charge in [-0.25, -0.2) is 13.8 Å². The smallest absolute Gasteiger partial charge is 0.258 e. The van der Waals surface area contributed by atoms with Crippen molar-refractivity contribution < 1.29 is 14.0 Å². The van der Waals surface area contributed by atoms with Crippen molar-refractivity contribution in [1.29, 1.82) is 0 Å². The molecule has 0 radical (unpaired) electrons. The summed E-state index contributed by atoms with van der Waals surface area (Å²) in [5.74, 6) is -2.66. The highest BCUT2D eigenvalue weighted by Gasteiger charge is 2.71. The van der Waals surface area contributed by atoms with Crippen molar-refractivity contribution in [1.82, 2.24) is 4.98 Å². The third-order valence-corrected chi connectivity index (χ3v) is 4.30. The van der Waals surface area contributed by atoms with Gasteiger partial charge in [-0.1, -0.05) is 13.0 Å². The minimum absolute atomic E-state index is 0.394. The van der Waals surface area contributed by atoms with Gasteiger partial charge in [0.05, 0.1) is 11.8 Å². The predicted molar refractivity (Wildman–Crippen MR) is 71.7 cm³/mol. The summed E-state index contributed by atoms with van der Waals surface area (Å²) in [6.45, 7) is 2.79. The lowest BCUT2D eigenvalue weighted by atomic mass is 10.1. The summed E-state index contributed by atoms with van der Waals surface area (Å²) in [6.07, 6.45) is 2.71. The number of aryl methyl sites for hydroxylation is 1. The van der Waals surface area contributed by atoms with E-state index in [1.165, 1.54) is 6.21 Å². The molecule has 108 valence electrons. The molecule has 1 aromatic rings. The molecule has 1 aromatic heterocycles. The van der Waals surface area contributed by atoms with Gasteiger partial charge in [0.2, 0.25) is 0 Å². The molecular formula is C14H17F2N3O. The van der Waals surface area contributed by atoms with Crippen LogP contribution >= 0.6 is 0 Å². The van der Waals surface area contributed by atoms with Crippen molar-refractivity contribution in [2.45, 2.75) is 25.7 Å². The van der Waals surface area contributed by atoms with E-state index in [4.69, 9.17) is 5.21 Å². The highest BCUT2D eigenvalue weighted by atomic mass is 19.3. The maximum atomic E-state index is 13.2. The predicted octanol–water partition coefficient (Wildman–Crippen LogP) is 2.35. The Balaban J connectivity index is 1.75. The molecule has 3 rings (SSSR count). The number of pyridine rings is 1. The van der Waals surface area contributed by atoms with Crippen molar-refractivity contribution in [3.05, 3.63) is 23.4 Å². The van der Waals surface area contributed by atoms with Crippen LogP contribution in [0.4, 0.5) is 14.6 Å². The van der Waals surface area contributed by atoms with E-state index in [1.54, 1.807) is 0 Å². The Hall–Kier alpha value is -1.72. The minimum Gasteiger partial charge on any atom is -0.411 e. The van der Waals surface area contributed by atoms with Gasteiger partial charge in [-0.3, -0.25) is 0 Å². The molecule has 1 saturated carbocycles. The van der Waals surface area contributed by atoms with Crippen LogP contribution in [0.15, 0.2) is 17.3 Å². The van der Waals surface area contributed by atoms with Gasteiger partial charge in [0.25, 0.3) is 5.92 Å². The number of piperidine rings is 1. The first-order valence-electron chi connectivity index (χ1n) is 6.85. The normalized spacial score (nSPS) is 27.1. The standard InChI is InChI=1S/C14H17F2N3O/c1-2-12-9(5-6-17-20)3-4-13(18-12)19-7-10-11(8-19)14(10,15)16/h3-4,6,10-11,20H,2,5,7-8H2,1H3. The van der Waals surface area contributed by atoms with Crippen molar-refractivity contribution >= 4 is 12.0 Å². The van der Waals surface area contributed by atoms with Crippen LogP contribution in [0, 0.1) is 11.8 Å². The van der Waals surface area contributed by atoms with E-state index in [1.807, 2.05) is 24.0 Å². The molecule has 1 aliphatic carbocycles. The van der Waals surface area contributed by atoms with Gasteiger partial charge in [-0.15, -0.1) is 5.16 Å². The zero-order valence-corrected chi connectivity index (χ0v) is 11.3. The van der Waals surface area contributed by atoms with E-state index in [2.05, 4.69) is 10.1 Å². The monoisotopic (exact) mass is 281 g/mol. The first-order valence-corrected chi connectivity index (χ1v) is 6.85. The molecule has 1 aliphatic heterocycles. The van der Waals surface area contributed by atoms with Crippen LogP contribution < -0.4 is 4.90 Å². The van der Waals surface area contributed by atoms with Crippen molar-refractivity contribution in [2.24, 2.45) is 17.0 Å². The first-order chi connectivity index (χ1) is 9.57. The number of halogens is 2. The SMILES string of the molecule is CCc1nc(N2CC3C(C2)C3(F)F)ccc1CC=NO. The number of hydrogen-bond acceptors (Lipinski definition) is 4. The number of rotatable bonds is 4. The Morgan fingerprint density at radius 3 is 2.75 bits per heavy atom. The van der Waals surface area contributed by atoms with Crippen LogP contribution in [0.3, 0.4) is 0 Å². The van der Waals surface area contributed by atoms with Gasteiger partial charge >= 0.3 is 0 Å². The van der Waals surface area contributed by atoms with Gasteiger partial charge in [0, 0.05) is 31.4 Å². The molecule has 2 aliphatic rings. The molecule has 0 amide bonds. The summed E-state index contributed by atoms with van der Waals surface area (Å²) in [4.78, 5) is 6.51. The fraction of sp³-hybridized carbons (Fsp3) is 0.571. The Morgan fingerprint density at radius 2 is 2.15 bits per heavy atom. The molecule has 4 nitrogen and oxygen atoms in total. The maximum absolute atomic E-state index is 13.2. The Morgan fingerprint density at radius 1 is 1.45 bits per heavy atom. The summed E-state index contributed by atoms with van der Waals surface area (Å²) < 4.78 is 26.4. The lowest BCUT2D eigenvalue weighted by molar-refractivity contribution is 0.0797. The largest absolute Gasteiger partial charge is 0.411 e. The fourth-order valence-electron chi connectivity index (χ4n) is 3.02. The number of aromatic nitrogens is 1. The number of alkyl halides is 2. The van der Waals surface area contributed by atoms with E-state index in [-0.39, 0.29) is 0 Å². The highest BCUT2D eigenvalue weighted by molar-refractivity contribution is 5.61. The molecule has 0 aromatic carbocycles. The second-order valence-electron chi connectivity index (χ2n) is 5.42. The van der Waals surface area contributed by atoms with Crippen LogP contribution in [0.2, 0.25) is 0 Å². The molecule has 2 unspecified atom stereocenters. The van der Waals surface area contributed by atoms with Crippen LogP contribution in [-0.4, -0.2) is 35.4 Å². The molecular weight excluding hydrogens is 264 g/mol. The third-order valence-electron chi connectivity index (χ3n) is 4.30. The van der Waals surface area contributed by atoms with Gasteiger partial charge < -0.3 is 10.1 Å². The number of oxime groups is 1. The molecule has 1 N–H and O–H groups in total. The first kappa shape index (κ1) is 13.3. The van der Waals surface area contributed by atoms with Gasteiger partial charge in [0.1, 0.15) is 5.82 Å². The Kier molecular flexibility index (Phi) is 3.11. The lowest BCUT2D eigenvalue weighted by Crippen LogP contribution is -2.28. The number of fused-ring (bicyclic) bond motifs is 1. The number of nitrogens with zero attached hydrogens (tertiary/aromatic N) is 3. The van der Waals surface area contributed by atoms with Gasteiger partial charge in [-0.2, -0.15) is 0 Å². The van der Waals surface area contributed by atoms with Crippen LogP contribution in [0.1, 0.15) is 18.2 Å². The van der Waals surface area contributed by atoms with Crippen LogP contribution in [0.5, 0.6) is 0 Å². The average Bonchev–Trinajstić information content (AvgIpc) is 2.84. The topological polar surface area (TPSA) is 48.7 Å². The van der Waals surface area contributed by atoms with Crippen molar-refractivity contribution in [3.8, 4) is 0 Å². The molecule has 1 saturated heterocycles. The van der Waals surface area contributed by atoms with Crippen LogP contribution in [-0.2, 0) is 12.8 Å². The summed E-state index contributed by atoms with van der Waals surface area (Å²) in [5, 5.41) is 11.5. The van der Waals surface area contributed by atoms with E-state index < -0.39 is 17.8 Å². The molecule has 2 heterocycles. The van der Waals surface area contributed by atoms with Crippen LogP contribution in [0.25, 0.3) is 0 Å². The Bertz CT molecular complexity index is 533. The molecule has 2 atom stereocenters. The zero-order chi connectivity index (χ0) is 14.3. The second kappa shape index (κ2) is 4.68. The quantitative estimate of drug-likeness (QED) is 0.523. The van der Waals surface area contributed by atoms with Crippen molar-refractivity contribution in [3.63, 3.8) is 0 Å². The lowest BCUT2D eigenvalue weighted by Gasteiger charge is -2.22. The maximum Gasteiger partial charge on any atom is 0.258 e. The number of anilines is 1. The fourth-order valence-corrected chi connectivity index (χ4v) is 3.02.